The monoisotopic (exact) mass is 335 g/mol. The normalized spacial score (nSPS) is 41.8. The van der Waals surface area contributed by atoms with Crippen LogP contribution in [0.25, 0.3) is 0 Å². The number of hydrogen-bond donors (Lipinski definition) is 2. The van der Waals surface area contributed by atoms with E-state index < -0.39 is 0 Å². The fourth-order valence-electron chi connectivity index (χ4n) is 5.71. The molecule has 0 spiro atoms. The molecule has 130 valence electrons. The van der Waals surface area contributed by atoms with Crippen LogP contribution in [0.5, 0.6) is 0 Å². The molecule has 3 N–H and O–H groups in total. The highest BCUT2D eigenvalue weighted by Crippen LogP contribution is 2.55. The van der Waals surface area contributed by atoms with Gasteiger partial charge < -0.3 is 10.8 Å². The molecule has 4 nitrogen and oxygen atoms in total. The number of aliphatic hydroxyl groups is 1. The maximum absolute atomic E-state index is 11.3. The summed E-state index contributed by atoms with van der Waals surface area (Å²) in [5.74, 6) is 0. The van der Waals surface area contributed by atoms with Crippen LogP contribution < -0.4 is 5.73 Å². The average molecular weight is 335 g/mol. The fourth-order valence-corrected chi connectivity index (χ4v) is 5.71. The van der Waals surface area contributed by atoms with Crippen LogP contribution in [0.4, 0.5) is 5.69 Å². The zero-order valence-electron chi connectivity index (χ0n) is 14.6. The Bertz CT molecular complexity index is 790. The number of anilines is 1. The Hall–Kier alpha value is -1.88. The molecule has 4 aliphatic rings. The number of aliphatic hydroxyl groups excluding tert-OH is 1. The van der Waals surface area contributed by atoms with Crippen LogP contribution in [0.15, 0.2) is 54.6 Å². The third-order valence-corrected chi connectivity index (χ3v) is 6.53. The summed E-state index contributed by atoms with van der Waals surface area (Å²) >= 11 is 0. The maximum Gasteiger partial charge on any atom is 0.0888 e. The van der Waals surface area contributed by atoms with Gasteiger partial charge in [0.1, 0.15) is 0 Å². The zero-order chi connectivity index (χ0) is 17.2. The molecule has 2 aromatic carbocycles. The van der Waals surface area contributed by atoms with E-state index in [1.165, 1.54) is 11.1 Å². The van der Waals surface area contributed by atoms with E-state index in [0.29, 0.717) is 0 Å². The van der Waals surface area contributed by atoms with Crippen molar-refractivity contribution in [3.05, 3.63) is 65.7 Å². The lowest BCUT2D eigenvalue weighted by atomic mass is 9.57. The molecule has 4 heterocycles. The number of hydrogen-bond acceptors (Lipinski definition) is 4. The van der Waals surface area contributed by atoms with E-state index >= 15 is 0 Å². The van der Waals surface area contributed by atoms with Crippen molar-refractivity contribution in [2.75, 3.05) is 31.9 Å². The van der Waals surface area contributed by atoms with Gasteiger partial charge >= 0.3 is 0 Å². The molecule has 0 aliphatic carbocycles. The molecule has 3 atom stereocenters. The summed E-state index contributed by atoms with van der Waals surface area (Å²) < 4.78 is 0. The first-order valence-corrected chi connectivity index (χ1v) is 9.09. The number of rotatable bonds is 2. The molecule has 2 aromatic rings. The van der Waals surface area contributed by atoms with Crippen molar-refractivity contribution in [2.45, 2.75) is 24.6 Å². The smallest absolute Gasteiger partial charge is 0.0888 e. The minimum atomic E-state index is -0.309. The predicted molar refractivity (Wildman–Crippen MR) is 99.0 cm³/mol. The lowest BCUT2D eigenvalue weighted by Gasteiger charge is -2.69. The second-order valence-electron chi connectivity index (χ2n) is 8.43. The van der Waals surface area contributed by atoms with Crippen molar-refractivity contribution >= 4 is 5.69 Å². The summed E-state index contributed by atoms with van der Waals surface area (Å²) in [5, 5.41) is 11.3. The van der Waals surface area contributed by atoms with E-state index in [4.69, 9.17) is 5.73 Å². The van der Waals surface area contributed by atoms with Crippen LogP contribution in [-0.4, -0.2) is 47.2 Å². The van der Waals surface area contributed by atoms with E-state index in [1.54, 1.807) is 0 Å². The summed E-state index contributed by atoms with van der Waals surface area (Å²) in [7, 11) is 0. The van der Waals surface area contributed by atoms with Gasteiger partial charge in [-0.05, 0) is 23.3 Å². The summed E-state index contributed by atoms with van der Waals surface area (Å²) in [6, 6.07) is 18.8. The van der Waals surface area contributed by atoms with Gasteiger partial charge in [-0.3, -0.25) is 9.80 Å². The van der Waals surface area contributed by atoms with E-state index in [2.05, 4.69) is 53.1 Å². The van der Waals surface area contributed by atoms with Crippen LogP contribution in [0, 0.1) is 5.41 Å². The van der Waals surface area contributed by atoms with Gasteiger partial charge in [-0.1, -0.05) is 49.4 Å². The Kier molecular flexibility index (Phi) is 3.12. The van der Waals surface area contributed by atoms with Gasteiger partial charge in [0, 0.05) is 42.7 Å². The zero-order valence-corrected chi connectivity index (χ0v) is 14.6. The van der Waals surface area contributed by atoms with Crippen molar-refractivity contribution in [1.82, 2.24) is 9.80 Å². The van der Waals surface area contributed by atoms with Crippen LogP contribution in [0.2, 0.25) is 0 Å². The van der Waals surface area contributed by atoms with Gasteiger partial charge in [-0.25, -0.2) is 0 Å². The minimum absolute atomic E-state index is 0.0941. The molecule has 0 aromatic heterocycles. The van der Waals surface area contributed by atoms with Gasteiger partial charge in [0.15, 0.2) is 0 Å². The largest absolute Gasteiger partial charge is 0.399 e. The topological polar surface area (TPSA) is 52.7 Å². The van der Waals surface area contributed by atoms with Crippen molar-refractivity contribution in [2.24, 2.45) is 5.41 Å². The third kappa shape index (κ3) is 2.05. The summed E-state index contributed by atoms with van der Waals surface area (Å²) in [5.41, 5.74) is 9.08. The van der Waals surface area contributed by atoms with Gasteiger partial charge in [-0.15, -0.1) is 0 Å². The predicted octanol–water partition coefficient (Wildman–Crippen LogP) is 2.22. The fraction of sp³-hybridized carbons (Fsp3) is 0.429. The van der Waals surface area contributed by atoms with Crippen molar-refractivity contribution in [3.8, 4) is 0 Å². The molecule has 4 saturated heterocycles. The Morgan fingerprint density at radius 2 is 1.64 bits per heavy atom. The molecule has 4 aliphatic heterocycles. The molecule has 4 fully saturated rings. The number of piperidine rings is 2. The molecule has 4 heteroatoms. The highest BCUT2D eigenvalue weighted by molar-refractivity contribution is 5.43. The van der Waals surface area contributed by atoms with Gasteiger partial charge in [0.05, 0.1) is 12.3 Å². The number of benzene rings is 2. The molecule has 6 rings (SSSR count). The molecule has 0 radical (unpaired) electrons. The molecule has 25 heavy (non-hydrogen) atoms. The molecule has 4 bridgehead atoms. The van der Waals surface area contributed by atoms with Crippen molar-refractivity contribution in [3.63, 3.8) is 0 Å². The standard InChI is InChI=1S/C21H25N3O/c1-20-11-23-13-21(19(20)25,16-7-3-2-4-8-16)14-24(12-20)18(23)15-6-5-9-17(22)10-15/h2-10,18-19,25H,11-14,22H2,1H3/t18?,19-,20?,21?/m0/s1. The van der Waals surface area contributed by atoms with Gasteiger partial charge in [-0.2, -0.15) is 0 Å². The molecule has 0 amide bonds. The second kappa shape index (κ2) is 5.07. The summed E-state index contributed by atoms with van der Waals surface area (Å²) in [6.07, 6.45) is -0.0439. The van der Waals surface area contributed by atoms with E-state index in [9.17, 15) is 5.11 Å². The Morgan fingerprint density at radius 3 is 2.28 bits per heavy atom. The summed E-state index contributed by atoms with van der Waals surface area (Å²) in [4.78, 5) is 5.09. The van der Waals surface area contributed by atoms with Gasteiger partial charge in [0.25, 0.3) is 0 Å². The molecular weight excluding hydrogens is 310 g/mol. The highest BCUT2D eigenvalue weighted by atomic mass is 16.3. The van der Waals surface area contributed by atoms with E-state index in [-0.39, 0.29) is 23.1 Å². The van der Waals surface area contributed by atoms with Crippen molar-refractivity contribution in [1.29, 1.82) is 0 Å². The maximum atomic E-state index is 11.3. The number of nitrogens with zero attached hydrogens (tertiary/aromatic N) is 2. The Labute approximate surface area is 148 Å². The minimum Gasteiger partial charge on any atom is -0.399 e. The van der Waals surface area contributed by atoms with E-state index in [0.717, 1.165) is 31.9 Å². The quantitative estimate of drug-likeness (QED) is 0.827. The Balaban J connectivity index is 1.60. The first kappa shape index (κ1) is 15.4. The summed E-state index contributed by atoms with van der Waals surface area (Å²) in [6.45, 7) is 5.88. The van der Waals surface area contributed by atoms with Crippen LogP contribution >= 0.6 is 0 Å². The molecular formula is C21H25N3O. The number of nitrogens with two attached hydrogens (primary N) is 1. The third-order valence-electron chi connectivity index (χ3n) is 6.53. The van der Waals surface area contributed by atoms with Crippen molar-refractivity contribution < 1.29 is 5.11 Å². The van der Waals surface area contributed by atoms with Crippen LogP contribution in [0.1, 0.15) is 24.2 Å². The van der Waals surface area contributed by atoms with Gasteiger partial charge in [0.2, 0.25) is 0 Å². The first-order chi connectivity index (χ1) is 12.0. The van der Waals surface area contributed by atoms with E-state index in [1.807, 2.05) is 18.2 Å². The molecule has 2 unspecified atom stereocenters. The lowest BCUT2D eigenvalue weighted by molar-refractivity contribution is -0.232. The van der Waals surface area contributed by atoms with Crippen LogP contribution in [0.3, 0.4) is 0 Å². The SMILES string of the molecule is CC12CN3CC(c4ccccc4)(CN(C1)C3c1cccc(N)c1)[C@H]2O. The average Bonchev–Trinajstić information content (AvgIpc) is 2.59. The van der Waals surface area contributed by atoms with Crippen LogP contribution in [-0.2, 0) is 5.41 Å². The Morgan fingerprint density at radius 1 is 0.960 bits per heavy atom. The second-order valence-corrected chi connectivity index (χ2v) is 8.43. The number of nitrogen functional groups attached to an aromatic ring is 1. The first-order valence-electron chi connectivity index (χ1n) is 9.09. The lowest BCUT2D eigenvalue weighted by Crippen LogP contribution is -2.79. The molecule has 0 saturated carbocycles. The highest BCUT2D eigenvalue weighted by Gasteiger charge is 2.64.